The summed E-state index contributed by atoms with van der Waals surface area (Å²) in [5.41, 5.74) is 3.45. The molecule has 0 aliphatic heterocycles. The first-order valence-electron chi connectivity index (χ1n) is 8.64. The molecule has 0 bridgehead atoms. The molecule has 26 heavy (non-hydrogen) atoms. The molecule has 0 spiro atoms. The van der Waals surface area contributed by atoms with Crippen LogP contribution in [0.2, 0.25) is 0 Å². The Morgan fingerprint density at radius 1 is 1.00 bits per heavy atom. The van der Waals surface area contributed by atoms with E-state index >= 15 is 0 Å². The number of benzene rings is 2. The standard InChI is InChI=1S/C20H22N4O2/c1-4-23(5-2)16-11-13-17(14-12-16)24-21-18(15-9-7-6-8-10-15)19(22-24)20(25)26-3/h6-14H,4-5H2,1-3H3. The third-order valence-electron chi connectivity index (χ3n) is 4.25. The molecule has 0 radical (unpaired) electrons. The zero-order valence-electron chi connectivity index (χ0n) is 15.2. The summed E-state index contributed by atoms with van der Waals surface area (Å²) >= 11 is 0. The van der Waals surface area contributed by atoms with E-state index in [4.69, 9.17) is 4.74 Å². The molecule has 0 saturated heterocycles. The molecule has 6 nitrogen and oxygen atoms in total. The number of aromatic nitrogens is 3. The predicted octanol–water partition coefficient (Wildman–Crippen LogP) is 3.57. The normalized spacial score (nSPS) is 10.6. The Bertz CT molecular complexity index is 869. The molecule has 0 atom stereocenters. The molecule has 0 saturated carbocycles. The number of esters is 1. The van der Waals surface area contributed by atoms with Crippen molar-refractivity contribution in [3.63, 3.8) is 0 Å². The summed E-state index contributed by atoms with van der Waals surface area (Å²) in [6.07, 6.45) is 0. The van der Waals surface area contributed by atoms with Gasteiger partial charge in [-0.15, -0.1) is 10.2 Å². The van der Waals surface area contributed by atoms with E-state index in [1.807, 2.05) is 54.6 Å². The Morgan fingerprint density at radius 3 is 2.23 bits per heavy atom. The van der Waals surface area contributed by atoms with E-state index in [-0.39, 0.29) is 5.69 Å². The van der Waals surface area contributed by atoms with Crippen molar-refractivity contribution in [3.05, 3.63) is 60.3 Å². The average Bonchev–Trinajstić information content (AvgIpc) is 3.15. The number of nitrogens with zero attached hydrogens (tertiary/aromatic N) is 4. The van der Waals surface area contributed by atoms with Gasteiger partial charge in [0, 0.05) is 24.3 Å². The van der Waals surface area contributed by atoms with Gasteiger partial charge in [0.1, 0.15) is 5.69 Å². The van der Waals surface area contributed by atoms with E-state index in [9.17, 15) is 4.79 Å². The van der Waals surface area contributed by atoms with Crippen LogP contribution in [0.3, 0.4) is 0 Å². The number of methoxy groups -OCH3 is 1. The van der Waals surface area contributed by atoms with Crippen molar-refractivity contribution in [3.8, 4) is 16.9 Å². The highest BCUT2D eigenvalue weighted by Crippen LogP contribution is 2.23. The SMILES string of the molecule is CCN(CC)c1ccc(-n2nc(C(=O)OC)c(-c3ccccc3)n2)cc1. The lowest BCUT2D eigenvalue weighted by atomic mass is 10.1. The number of carbonyl (C=O) groups excluding carboxylic acids is 1. The van der Waals surface area contributed by atoms with Crippen LogP contribution in [0.15, 0.2) is 54.6 Å². The molecule has 3 rings (SSSR count). The van der Waals surface area contributed by atoms with Gasteiger partial charge in [-0.3, -0.25) is 0 Å². The molecular weight excluding hydrogens is 328 g/mol. The second-order valence-electron chi connectivity index (χ2n) is 5.73. The summed E-state index contributed by atoms with van der Waals surface area (Å²) in [4.78, 5) is 15.9. The number of ether oxygens (including phenoxy) is 1. The fourth-order valence-electron chi connectivity index (χ4n) is 2.83. The molecule has 0 amide bonds. The molecule has 6 heteroatoms. The number of anilines is 1. The monoisotopic (exact) mass is 350 g/mol. The minimum absolute atomic E-state index is 0.200. The Labute approximate surface area is 153 Å². The molecule has 3 aromatic rings. The lowest BCUT2D eigenvalue weighted by Crippen LogP contribution is -2.21. The van der Waals surface area contributed by atoms with E-state index in [0.717, 1.165) is 30.0 Å². The summed E-state index contributed by atoms with van der Waals surface area (Å²) in [5.74, 6) is -0.505. The Balaban J connectivity index is 2.01. The van der Waals surface area contributed by atoms with Gasteiger partial charge in [-0.2, -0.15) is 4.80 Å². The van der Waals surface area contributed by atoms with Crippen molar-refractivity contribution in [1.82, 2.24) is 15.0 Å². The molecule has 0 aliphatic carbocycles. The number of hydrogen-bond donors (Lipinski definition) is 0. The summed E-state index contributed by atoms with van der Waals surface area (Å²) in [6, 6.07) is 17.5. The second kappa shape index (κ2) is 7.82. The van der Waals surface area contributed by atoms with Crippen LogP contribution in [0.5, 0.6) is 0 Å². The van der Waals surface area contributed by atoms with Crippen molar-refractivity contribution >= 4 is 11.7 Å². The highest BCUT2D eigenvalue weighted by Gasteiger charge is 2.21. The van der Waals surface area contributed by atoms with Crippen LogP contribution >= 0.6 is 0 Å². The Hall–Kier alpha value is -3.15. The van der Waals surface area contributed by atoms with Crippen LogP contribution in [0.4, 0.5) is 5.69 Å². The molecule has 2 aromatic carbocycles. The zero-order valence-corrected chi connectivity index (χ0v) is 15.2. The predicted molar refractivity (Wildman–Crippen MR) is 102 cm³/mol. The molecule has 0 fully saturated rings. The van der Waals surface area contributed by atoms with E-state index in [2.05, 4.69) is 28.9 Å². The molecule has 0 N–H and O–H groups in total. The number of rotatable bonds is 6. The number of hydrogen-bond acceptors (Lipinski definition) is 5. The quantitative estimate of drug-likeness (QED) is 0.636. The number of carbonyl (C=O) groups is 1. The van der Waals surface area contributed by atoms with Gasteiger partial charge in [0.2, 0.25) is 0 Å². The van der Waals surface area contributed by atoms with Crippen molar-refractivity contribution in [2.24, 2.45) is 0 Å². The van der Waals surface area contributed by atoms with Gasteiger partial charge in [-0.1, -0.05) is 30.3 Å². The molecule has 134 valence electrons. The fourth-order valence-corrected chi connectivity index (χ4v) is 2.83. The van der Waals surface area contributed by atoms with E-state index in [0.29, 0.717) is 5.69 Å². The van der Waals surface area contributed by atoms with Crippen molar-refractivity contribution < 1.29 is 9.53 Å². The first-order valence-corrected chi connectivity index (χ1v) is 8.64. The van der Waals surface area contributed by atoms with Gasteiger partial charge < -0.3 is 9.64 Å². The first kappa shape index (κ1) is 17.7. The average molecular weight is 350 g/mol. The third-order valence-corrected chi connectivity index (χ3v) is 4.25. The van der Waals surface area contributed by atoms with Crippen LogP contribution in [0.1, 0.15) is 24.3 Å². The van der Waals surface area contributed by atoms with Crippen molar-refractivity contribution in [2.75, 3.05) is 25.1 Å². The van der Waals surface area contributed by atoms with Gasteiger partial charge in [0.05, 0.1) is 12.8 Å². The minimum Gasteiger partial charge on any atom is -0.464 e. The van der Waals surface area contributed by atoms with Gasteiger partial charge in [-0.05, 0) is 38.1 Å². The van der Waals surface area contributed by atoms with Crippen molar-refractivity contribution in [2.45, 2.75) is 13.8 Å². The minimum atomic E-state index is -0.505. The van der Waals surface area contributed by atoms with Gasteiger partial charge in [-0.25, -0.2) is 4.79 Å². The topological polar surface area (TPSA) is 60.2 Å². The molecule has 0 aliphatic rings. The van der Waals surface area contributed by atoms with Gasteiger partial charge in [0.15, 0.2) is 5.69 Å². The smallest absolute Gasteiger partial charge is 0.360 e. The highest BCUT2D eigenvalue weighted by molar-refractivity contribution is 5.93. The lowest BCUT2D eigenvalue weighted by molar-refractivity contribution is 0.0594. The lowest BCUT2D eigenvalue weighted by Gasteiger charge is -2.20. The summed E-state index contributed by atoms with van der Waals surface area (Å²) < 4.78 is 4.87. The maximum Gasteiger partial charge on any atom is 0.360 e. The summed E-state index contributed by atoms with van der Waals surface area (Å²) in [6.45, 7) is 6.14. The van der Waals surface area contributed by atoms with Gasteiger partial charge in [0.25, 0.3) is 0 Å². The van der Waals surface area contributed by atoms with Crippen LogP contribution < -0.4 is 4.90 Å². The van der Waals surface area contributed by atoms with Crippen LogP contribution in [0, 0.1) is 0 Å². The largest absolute Gasteiger partial charge is 0.464 e. The second-order valence-corrected chi connectivity index (χ2v) is 5.73. The fraction of sp³-hybridized carbons (Fsp3) is 0.250. The molecule has 0 unspecified atom stereocenters. The molecule has 1 heterocycles. The maximum atomic E-state index is 12.1. The van der Waals surface area contributed by atoms with Crippen LogP contribution in [0.25, 0.3) is 16.9 Å². The van der Waals surface area contributed by atoms with E-state index in [1.54, 1.807) is 0 Å². The van der Waals surface area contributed by atoms with Crippen molar-refractivity contribution in [1.29, 1.82) is 0 Å². The van der Waals surface area contributed by atoms with Gasteiger partial charge >= 0.3 is 5.97 Å². The zero-order chi connectivity index (χ0) is 18.5. The van der Waals surface area contributed by atoms with E-state index in [1.165, 1.54) is 11.9 Å². The highest BCUT2D eigenvalue weighted by atomic mass is 16.5. The van der Waals surface area contributed by atoms with Crippen LogP contribution in [-0.2, 0) is 4.74 Å². The van der Waals surface area contributed by atoms with E-state index < -0.39 is 5.97 Å². The Morgan fingerprint density at radius 2 is 1.65 bits per heavy atom. The molecule has 1 aromatic heterocycles. The third kappa shape index (κ3) is 3.44. The van der Waals surface area contributed by atoms with Crippen LogP contribution in [-0.4, -0.2) is 41.2 Å². The molecular formula is C20H22N4O2. The summed E-state index contributed by atoms with van der Waals surface area (Å²) in [5, 5.41) is 8.89. The summed E-state index contributed by atoms with van der Waals surface area (Å²) in [7, 11) is 1.34. The maximum absolute atomic E-state index is 12.1. The first-order chi connectivity index (χ1) is 12.7. The Kier molecular flexibility index (Phi) is 5.31.